The quantitative estimate of drug-likeness (QED) is 0.354. The zero-order valence-electron chi connectivity index (χ0n) is 16.9. The third-order valence-electron chi connectivity index (χ3n) is 5.22. The highest BCUT2D eigenvalue weighted by Crippen LogP contribution is 2.26. The molecule has 0 aromatic heterocycles. The molecule has 2 rings (SSSR count). The van der Waals surface area contributed by atoms with Gasteiger partial charge in [0.15, 0.2) is 6.29 Å². The van der Waals surface area contributed by atoms with E-state index >= 15 is 0 Å². The molecule has 27 heavy (non-hydrogen) atoms. The lowest BCUT2D eigenvalue weighted by Crippen LogP contribution is -2.45. The fourth-order valence-corrected chi connectivity index (χ4v) is 4.84. The first kappa shape index (κ1) is 22.3. The molecule has 0 radical (unpaired) electrons. The maximum atomic E-state index is 12.5. The molecule has 152 valence electrons. The van der Waals surface area contributed by atoms with Gasteiger partial charge in [0.25, 0.3) is 0 Å². The predicted octanol–water partition coefficient (Wildman–Crippen LogP) is 4.87. The molecule has 0 spiro atoms. The van der Waals surface area contributed by atoms with E-state index in [9.17, 15) is 4.79 Å². The molecule has 1 aromatic rings. The summed E-state index contributed by atoms with van der Waals surface area (Å²) in [6.45, 7) is 0. The Hall–Kier alpha value is -1.04. The van der Waals surface area contributed by atoms with Gasteiger partial charge in [-0.2, -0.15) is 0 Å². The van der Waals surface area contributed by atoms with Gasteiger partial charge in [0.2, 0.25) is 5.91 Å². The van der Waals surface area contributed by atoms with Crippen LogP contribution in [0.4, 0.5) is 0 Å². The highest BCUT2D eigenvalue weighted by Gasteiger charge is 2.35. The molecule has 0 saturated carbocycles. The molecule has 0 aliphatic carbocycles. The van der Waals surface area contributed by atoms with Crippen LogP contribution in [0.5, 0.6) is 0 Å². The van der Waals surface area contributed by atoms with Gasteiger partial charge in [0.1, 0.15) is 0 Å². The smallest absolute Gasteiger partial charge is 0.223 e. The molecule has 4 nitrogen and oxygen atoms in total. The molecule has 0 N–H and O–H groups in total. The molecule has 1 saturated heterocycles. The molecular weight excluding hydrogens is 358 g/mol. The van der Waals surface area contributed by atoms with Crippen molar-refractivity contribution in [2.45, 2.75) is 70.1 Å². The third kappa shape index (κ3) is 7.84. The Bertz CT molecular complexity index is 522. The lowest BCUT2D eigenvalue weighted by Gasteiger charge is -2.29. The first-order chi connectivity index (χ1) is 13.3. The Labute approximate surface area is 169 Å². The number of hydrogen-bond donors (Lipinski definition) is 0. The molecule has 1 aromatic carbocycles. The summed E-state index contributed by atoms with van der Waals surface area (Å²) >= 11 is 1.78. The fourth-order valence-electron chi connectivity index (χ4n) is 3.63. The Morgan fingerprint density at radius 1 is 1.04 bits per heavy atom. The molecule has 1 atom stereocenters. The van der Waals surface area contributed by atoms with Crippen LogP contribution in [0.2, 0.25) is 0 Å². The lowest BCUT2D eigenvalue weighted by molar-refractivity contribution is -0.155. The van der Waals surface area contributed by atoms with Crippen molar-refractivity contribution in [1.82, 2.24) is 4.90 Å². The van der Waals surface area contributed by atoms with Crippen LogP contribution >= 0.6 is 11.8 Å². The Morgan fingerprint density at radius 3 is 2.33 bits per heavy atom. The number of carbonyl (C=O) groups excluding carboxylic acids is 1. The Kier molecular flexibility index (Phi) is 10.9. The molecule has 1 aliphatic rings. The van der Waals surface area contributed by atoms with Gasteiger partial charge in [-0.15, -0.1) is 11.8 Å². The second-order valence-corrected chi connectivity index (χ2v) is 8.23. The van der Waals surface area contributed by atoms with Gasteiger partial charge in [0.05, 0.1) is 11.9 Å². The van der Waals surface area contributed by atoms with Crippen LogP contribution in [0.15, 0.2) is 30.3 Å². The van der Waals surface area contributed by atoms with Crippen molar-refractivity contribution in [2.75, 3.05) is 25.8 Å². The topological polar surface area (TPSA) is 38.8 Å². The number of hydrogen-bond acceptors (Lipinski definition) is 4. The highest BCUT2D eigenvalue weighted by atomic mass is 32.2. The van der Waals surface area contributed by atoms with Gasteiger partial charge >= 0.3 is 0 Å². The first-order valence-corrected chi connectivity index (χ1v) is 11.4. The van der Waals surface area contributed by atoms with Gasteiger partial charge in [-0.3, -0.25) is 4.79 Å². The summed E-state index contributed by atoms with van der Waals surface area (Å²) in [4.78, 5) is 14.4. The second-order valence-electron chi connectivity index (χ2n) is 7.23. The van der Waals surface area contributed by atoms with Crippen molar-refractivity contribution < 1.29 is 14.3 Å². The van der Waals surface area contributed by atoms with Crippen molar-refractivity contribution in [3.8, 4) is 0 Å². The number of methoxy groups -OCH3 is 2. The average molecular weight is 394 g/mol. The number of benzene rings is 1. The van der Waals surface area contributed by atoms with Crippen LogP contribution in [0.25, 0.3) is 0 Å². The van der Waals surface area contributed by atoms with Crippen LogP contribution in [0.3, 0.4) is 0 Å². The fraction of sp³-hybridized carbons (Fsp3) is 0.682. The van der Waals surface area contributed by atoms with Crippen LogP contribution in [0, 0.1) is 0 Å². The Morgan fingerprint density at radius 2 is 1.67 bits per heavy atom. The molecular formula is C22H35NO3S. The van der Waals surface area contributed by atoms with E-state index in [-0.39, 0.29) is 18.2 Å². The zero-order valence-corrected chi connectivity index (χ0v) is 17.7. The van der Waals surface area contributed by atoms with E-state index < -0.39 is 0 Å². The van der Waals surface area contributed by atoms with E-state index in [1.165, 1.54) is 44.1 Å². The van der Waals surface area contributed by atoms with E-state index in [1.54, 1.807) is 26.0 Å². The van der Waals surface area contributed by atoms with Crippen molar-refractivity contribution in [2.24, 2.45) is 0 Å². The molecule has 1 amide bonds. The summed E-state index contributed by atoms with van der Waals surface area (Å²) in [6.07, 6.45) is 10.0. The second kappa shape index (κ2) is 13.2. The number of rotatable bonds is 13. The predicted molar refractivity (Wildman–Crippen MR) is 113 cm³/mol. The van der Waals surface area contributed by atoms with Gasteiger partial charge in [-0.05, 0) is 24.8 Å². The van der Waals surface area contributed by atoms with E-state index in [2.05, 4.69) is 30.3 Å². The number of nitrogens with zero attached hydrogens (tertiary/aromatic N) is 1. The summed E-state index contributed by atoms with van der Waals surface area (Å²) < 4.78 is 10.7. The highest BCUT2D eigenvalue weighted by molar-refractivity contribution is 7.99. The summed E-state index contributed by atoms with van der Waals surface area (Å²) in [7, 11) is 3.28. The molecule has 1 heterocycles. The standard InChI is InChI=1S/C22H35NO3S/c1-25-22(26-2)20-17-27-18-23(20)21(24)16-12-7-5-3-4-6-9-13-19-14-10-8-11-15-19/h8,10-11,14-15,20,22H,3-7,9,12-13,16-18H2,1-2H3. The minimum atomic E-state index is -0.320. The minimum Gasteiger partial charge on any atom is -0.354 e. The maximum Gasteiger partial charge on any atom is 0.223 e. The lowest BCUT2D eigenvalue weighted by atomic mass is 10.0. The molecule has 1 fully saturated rings. The Balaban J connectivity index is 1.49. The number of ether oxygens (including phenoxy) is 2. The number of unbranched alkanes of at least 4 members (excludes halogenated alkanes) is 6. The van der Waals surface area contributed by atoms with Crippen LogP contribution in [-0.4, -0.2) is 49.0 Å². The number of thioether (sulfide) groups is 1. The number of aryl methyl sites for hydroxylation is 1. The van der Waals surface area contributed by atoms with E-state index in [0.717, 1.165) is 24.5 Å². The normalized spacial score (nSPS) is 17.0. The molecule has 1 unspecified atom stereocenters. The SMILES string of the molecule is COC(OC)C1CSCN1C(=O)CCCCCCCCCc1ccccc1. The van der Waals surface area contributed by atoms with E-state index in [4.69, 9.17) is 9.47 Å². The summed E-state index contributed by atoms with van der Waals surface area (Å²) in [5, 5.41) is 0. The van der Waals surface area contributed by atoms with Crippen molar-refractivity contribution >= 4 is 17.7 Å². The largest absolute Gasteiger partial charge is 0.354 e. The van der Waals surface area contributed by atoms with Gasteiger partial charge in [-0.25, -0.2) is 0 Å². The minimum absolute atomic E-state index is 0.0436. The average Bonchev–Trinajstić information content (AvgIpc) is 3.18. The van der Waals surface area contributed by atoms with Crippen LogP contribution < -0.4 is 0 Å². The zero-order chi connectivity index (χ0) is 19.3. The monoisotopic (exact) mass is 393 g/mol. The van der Waals surface area contributed by atoms with Crippen molar-refractivity contribution in [3.05, 3.63) is 35.9 Å². The summed E-state index contributed by atoms with van der Waals surface area (Å²) in [5.74, 6) is 1.89. The summed E-state index contributed by atoms with van der Waals surface area (Å²) in [5.41, 5.74) is 1.44. The summed E-state index contributed by atoms with van der Waals surface area (Å²) in [6, 6.07) is 10.8. The van der Waals surface area contributed by atoms with E-state index in [0.29, 0.717) is 6.42 Å². The molecule has 5 heteroatoms. The number of carbonyl (C=O) groups is 1. The first-order valence-electron chi connectivity index (χ1n) is 10.2. The van der Waals surface area contributed by atoms with Gasteiger partial charge < -0.3 is 14.4 Å². The molecule has 0 bridgehead atoms. The van der Waals surface area contributed by atoms with Gasteiger partial charge in [0, 0.05) is 26.4 Å². The number of amides is 1. The van der Waals surface area contributed by atoms with Crippen LogP contribution in [-0.2, 0) is 20.7 Å². The maximum absolute atomic E-state index is 12.5. The van der Waals surface area contributed by atoms with Crippen molar-refractivity contribution in [1.29, 1.82) is 0 Å². The molecule has 1 aliphatic heterocycles. The van der Waals surface area contributed by atoms with E-state index in [1.807, 2.05) is 4.90 Å². The van der Waals surface area contributed by atoms with Crippen LogP contribution in [0.1, 0.15) is 56.9 Å². The third-order valence-corrected chi connectivity index (χ3v) is 6.26. The van der Waals surface area contributed by atoms with Crippen molar-refractivity contribution in [3.63, 3.8) is 0 Å². The van der Waals surface area contributed by atoms with Gasteiger partial charge in [-0.1, -0.05) is 62.4 Å².